The summed E-state index contributed by atoms with van der Waals surface area (Å²) in [7, 11) is 1.88. The molecule has 1 fully saturated rings. The Labute approximate surface area is 113 Å². The van der Waals surface area contributed by atoms with E-state index >= 15 is 0 Å². The number of aliphatic hydroxyl groups is 1. The lowest BCUT2D eigenvalue weighted by Gasteiger charge is -2.49. The fourth-order valence-electron chi connectivity index (χ4n) is 2.65. The molecule has 1 aliphatic rings. The van der Waals surface area contributed by atoms with Crippen molar-refractivity contribution in [3.05, 3.63) is 30.1 Å². The van der Waals surface area contributed by atoms with E-state index in [-0.39, 0.29) is 18.1 Å². The van der Waals surface area contributed by atoms with Crippen molar-refractivity contribution in [2.24, 2.45) is 0 Å². The van der Waals surface area contributed by atoms with Gasteiger partial charge in [-0.25, -0.2) is 0 Å². The van der Waals surface area contributed by atoms with E-state index in [2.05, 4.69) is 18.8 Å². The maximum atomic E-state index is 12.5. The fourth-order valence-corrected chi connectivity index (χ4v) is 2.65. The highest BCUT2D eigenvalue weighted by Crippen LogP contribution is 2.26. The molecule has 1 atom stereocenters. The Bertz CT molecular complexity index is 447. The Morgan fingerprint density at radius 2 is 2.05 bits per heavy atom. The number of piperazine rings is 1. The van der Waals surface area contributed by atoms with Gasteiger partial charge in [0, 0.05) is 25.5 Å². The van der Waals surface area contributed by atoms with Gasteiger partial charge in [-0.1, -0.05) is 0 Å². The van der Waals surface area contributed by atoms with Crippen molar-refractivity contribution in [3.8, 4) is 0 Å². The molecule has 0 radical (unpaired) electrons. The number of aromatic nitrogens is 1. The van der Waals surface area contributed by atoms with Crippen LogP contribution in [0.15, 0.2) is 24.5 Å². The quantitative estimate of drug-likeness (QED) is 0.862. The second-order valence-electron chi connectivity index (χ2n) is 5.71. The van der Waals surface area contributed by atoms with Gasteiger partial charge in [0.25, 0.3) is 0 Å². The van der Waals surface area contributed by atoms with E-state index in [1.165, 1.54) is 0 Å². The summed E-state index contributed by atoms with van der Waals surface area (Å²) in [6.45, 7) is 5.26. The van der Waals surface area contributed by atoms with Gasteiger partial charge >= 0.3 is 0 Å². The van der Waals surface area contributed by atoms with E-state index in [1.807, 2.05) is 29.0 Å². The minimum absolute atomic E-state index is 0.0157. The highest BCUT2D eigenvalue weighted by atomic mass is 16.3. The predicted octanol–water partition coefficient (Wildman–Crippen LogP) is 0.495. The standard InChI is InChI=1S/C14H21N3O2/c1-14(2)10-16(3)12(9-18)13(19)17(14)8-11-4-6-15-7-5-11/h4-7,12,18H,8-10H2,1-3H3. The molecule has 1 amide bonds. The monoisotopic (exact) mass is 263 g/mol. The van der Waals surface area contributed by atoms with Crippen LogP contribution in [0, 0.1) is 0 Å². The Morgan fingerprint density at radius 3 is 2.63 bits per heavy atom. The number of amides is 1. The summed E-state index contributed by atoms with van der Waals surface area (Å²) < 4.78 is 0. The van der Waals surface area contributed by atoms with Crippen LogP contribution < -0.4 is 0 Å². The molecule has 0 aliphatic carbocycles. The summed E-state index contributed by atoms with van der Waals surface area (Å²) in [6, 6.07) is 3.39. The topological polar surface area (TPSA) is 56.7 Å². The molecule has 1 saturated heterocycles. The molecule has 0 spiro atoms. The van der Waals surface area contributed by atoms with Gasteiger partial charge in [-0.05, 0) is 38.6 Å². The molecule has 1 unspecified atom stereocenters. The van der Waals surface area contributed by atoms with Gasteiger partial charge in [0.1, 0.15) is 6.04 Å². The van der Waals surface area contributed by atoms with Crippen molar-refractivity contribution in [1.29, 1.82) is 0 Å². The van der Waals surface area contributed by atoms with E-state index < -0.39 is 6.04 Å². The zero-order valence-corrected chi connectivity index (χ0v) is 11.7. The number of pyridine rings is 1. The largest absolute Gasteiger partial charge is 0.394 e. The van der Waals surface area contributed by atoms with Crippen molar-refractivity contribution in [3.63, 3.8) is 0 Å². The van der Waals surface area contributed by atoms with E-state index in [0.717, 1.165) is 12.1 Å². The van der Waals surface area contributed by atoms with Crippen molar-refractivity contribution < 1.29 is 9.90 Å². The molecule has 1 aromatic rings. The third kappa shape index (κ3) is 2.77. The third-order valence-electron chi connectivity index (χ3n) is 3.71. The van der Waals surface area contributed by atoms with E-state index in [1.54, 1.807) is 12.4 Å². The number of nitrogens with zero attached hydrogens (tertiary/aromatic N) is 3. The second-order valence-corrected chi connectivity index (χ2v) is 5.71. The molecule has 0 bridgehead atoms. The lowest BCUT2D eigenvalue weighted by Crippen LogP contribution is -2.65. The zero-order chi connectivity index (χ0) is 14.0. The average Bonchev–Trinajstić information content (AvgIpc) is 2.35. The minimum Gasteiger partial charge on any atom is -0.394 e. The van der Waals surface area contributed by atoms with Crippen molar-refractivity contribution >= 4 is 5.91 Å². The van der Waals surface area contributed by atoms with Crippen LogP contribution in [0.25, 0.3) is 0 Å². The van der Waals surface area contributed by atoms with Gasteiger partial charge in [-0.3, -0.25) is 14.7 Å². The predicted molar refractivity (Wildman–Crippen MR) is 72.4 cm³/mol. The summed E-state index contributed by atoms with van der Waals surface area (Å²) in [5.74, 6) is -0.0157. The number of hydrogen-bond acceptors (Lipinski definition) is 4. The Kier molecular flexibility index (Phi) is 3.87. The van der Waals surface area contributed by atoms with Crippen LogP contribution in [0.5, 0.6) is 0 Å². The van der Waals surface area contributed by atoms with E-state index in [4.69, 9.17) is 0 Å². The summed E-state index contributed by atoms with van der Waals surface area (Å²) in [5, 5.41) is 9.39. The number of aliphatic hydroxyl groups excluding tert-OH is 1. The number of carbonyl (C=O) groups is 1. The summed E-state index contributed by atoms with van der Waals surface area (Å²) in [5.41, 5.74) is 0.804. The zero-order valence-electron chi connectivity index (χ0n) is 11.7. The van der Waals surface area contributed by atoms with Gasteiger partial charge in [0.05, 0.1) is 12.1 Å². The lowest BCUT2D eigenvalue weighted by molar-refractivity contribution is -0.153. The first-order valence-electron chi connectivity index (χ1n) is 6.47. The smallest absolute Gasteiger partial charge is 0.243 e. The first kappa shape index (κ1) is 14.0. The van der Waals surface area contributed by atoms with E-state index in [9.17, 15) is 9.90 Å². The highest BCUT2D eigenvalue weighted by molar-refractivity contribution is 5.83. The minimum atomic E-state index is -0.435. The first-order chi connectivity index (χ1) is 8.95. The molecule has 1 N–H and O–H groups in total. The number of rotatable bonds is 3. The van der Waals surface area contributed by atoms with Gasteiger partial charge in [0.2, 0.25) is 5.91 Å². The SMILES string of the molecule is CN1CC(C)(C)N(Cc2ccncc2)C(=O)C1CO. The molecule has 2 rings (SSSR count). The van der Waals surface area contributed by atoms with Crippen molar-refractivity contribution in [1.82, 2.24) is 14.8 Å². The molecule has 0 saturated carbocycles. The molecule has 1 aliphatic heterocycles. The van der Waals surface area contributed by atoms with Gasteiger partial charge in [-0.2, -0.15) is 0 Å². The summed E-state index contributed by atoms with van der Waals surface area (Å²) in [6.07, 6.45) is 3.46. The highest BCUT2D eigenvalue weighted by Gasteiger charge is 2.42. The number of carbonyl (C=O) groups excluding carboxylic acids is 1. The molecule has 2 heterocycles. The van der Waals surface area contributed by atoms with Crippen LogP contribution in [-0.2, 0) is 11.3 Å². The third-order valence-corrected chi connectivity index (χ3v) is 3.71. The molecular formula is C14H21N3O2. The normalized spacial score (nSPS) is 23.7. The molecule has 1 aromatic heterocycles. The Morgan fingerprint density at radius 1 is 1.42 bits per heavy atom. The number of hydrogen-bond donors (Lipinski definition) is 1. The Hall–Kier alpha value is -1.46. The van der Waals surface area contributed by atoms with Crippen molar-refractivity contribution in [2.75, 3.05) is 20.2 Å². The average molecular weight is 263 g/mol. The molecule has 19 heavy (non-hydrogen) atoms. The number of likely N-dealkylation sites (N-methyl/N-ethyl adjacent to an activating group) is 1. The Balaban J connectivity index is 2.23. The summed E-state index contributed by atoms with van der Waals surface area (Å²) >= 11 is 0. The first-order valence-corrected chi connectivity index (χ1v) is 6.47. The maximum Gasteiger partial charge on any atom is 0.243 e. The molecule has 104 valence electrons. The van der Waals surface area contributed by atoms with Gasteiger partial charge < -0.3 is 10.0 Å². The molecule has 5 heteroatoms. The van der Waals surface area contributed by atoms with Gasteiger partial charge in [-0.15, -0.1) is 0 Å². The molecular weight excluding hydrogens is 242 g/mol. The molecule has 5 nitrogen and oxygen atoms in total. The van der Waals surface area contributed by atoms with E-state index in [0.29, 0.717) is 6.54 Å². The van der Waals surface area contributed by atoms with Gasteiger partial charge in [0.15, 0.2) is 0 Å². The fraction of sp³-hybridized carbons (Fsp3) is 0.571. The molecule has 0 aromatic carbocycles. The lowest BCUT2D eigenvalue weighted by atomic mass is 9.94. The summed E-state index contributed by atoms with van der Waals surface area (Å²) in [4.78, 5) is 20.3. The van der Waals surface area contributed by atoms with Crippen LogP contribution in [0.2, 0.25) is 0 Å². The van der Waals surface area contributed by atoms with Crippen LogP contribution >= 0.6 is 0 Å². The maximum absolute atomic E-state index is 12.5. The van der Waals surface area contributed by atoms with Crippen LogP contribution in [0.4, 0.5) is 0 Å². The van der Waals surface area contributed by atoms with Crippen LogP contribution in [-0.4, -0.2) is 57.6 Å². The second kappa shape index (κ2) is 5.27. The van der Waals surface area contributed by atoms with Crippen LogP contribution in [0.1, 0.15) is 19.4 Å². The van der Waals surface area contributed by atoms with Crippen LogP contribution in [0.3, 0.4) is 0 Å². The van der Waals surface area contributed by atoms with Crippen molar-refractivity contribution in [2.45, 2.75) is 32.0 Å².